The standard InChI is InChI=1S/C37H54N4O8/c1-36(2,3)48-32(42)17-18-38-19-23-40(34(44)46-28-30-13-9-7-10-14-30)25-21-39(27-33(43)49-37(4,5)6)22-26-41(24-20-38)35(45)47-29-31-15-11-8-12-16-31/h7-16H,17-29H2,1-6H3. The zero-order valence-electron chi connectivity index (χ0n) is 30.0. The predicted molar refractivity (Wildman–Crippen MR) is 186 cm³/mol. The highest BCUT2D eigenvalue weighted by Gasteiger charge is 2.26. The molecule has 2 aromatic carbocycles. The number of hydrogen-bond donors (Lipinski definition) is 0. The summed E-state index contributed by atoms with van der Waals surface area (Å²) in [5.74, 6) is -0.723. The molecule has 2 amide bonds. The summed E-state index contributed by atoms with van der Waals surface area (Å²) in [5, 5.41) is 0. The van der Waals surface area contributed by atoms with Gasteiger partial charge in [0.15, 0.2) is 0 Å². The zero-order valence-corrected chi connectivity index (χ0v) is 30.0. The molecule has 0 bridgehead atoms. The van der Waals surface area contributed by atoms with E-state index in [1.54, 1.807) is 9.80 Å². The molecular weight excluding hydrogens is 628 g/mol. The number of carbonyl (C=O) groups excluding carboxylic acids is 4. The van der Waals surface area contributed by atoms with Crippen molar-refractivity contribution in [2.24, 2.45) is 0 Å². The van der Waals surface area contributed by atoms with E-state index in [1.807, 2.05) is 112 Å². The second-order valence-electron chi connectivity index (χ2n) is 14.1. The lowest BCUT2D eigenvalue weighted by atomic mass is 10.2. The van der Waals surface area contributed by atoms with Crippen molar-refractivity contribution in [1.29, 1.82) is 0 Å². The number of esters is 2. The maximum absolute atomic E-state index is 13.4. The molecule has 2 aromatic rings. The normalized spacial score (nSPS) is 15.8. The number of carbonyl (C=O) groups is 4. The Morgan fingerprint density at radius 2 is 0.939 bits per heavy atom. The molecule has 0 aliphatic carbocycles. The van der Waals surface area contributed by atoms with Gasteiger partial charge in [0.05, 0.1) is 13.0 Å². The zero-order chi connectivity index (χ0) is 35.9. The summed E-state index contributed by atoms with van der Waals surface area (Å²) in [6.45, 7) is 14.2. The Morgan fingerprint density at radius 1 is 0.551 bits per heavy atom. The minimum atomic E-state index is -0.660. The summed E-state index contributed by atoms with van der Waals surface area (Å²) in [5.41, 5.74) is 0.472. The first-order chi connectivity index (χ1) is 23.2. The van der Waals surface area contributed by atoms with E-state index in [0.29, 0.717) is 45.8 Å². The maximum atomic E-state index is 13.4. The molecule has 3 rings (SSSR count). The lowest BCUT2D eigenvalue weighted by molar-refractivity contribution is -0.157. The molecule has 12 heteroatoms. The first-order valence-electron chi connectivity index (χ1n) is 17.0. The topological polar surface area (TPSA) is 118 Å². The fourth-order valence-electron chi connectivity index (χ4n) is 5.06. The van der Waals surface area contributed by atoms with Gasteiger partial charge in [0.25, 0.3) is 0 Å². The fourth-order valence-corrected chi connectivity index (χ4v) is 5.06. The van der Waals surface area contributed by atoms with Gasteiger partial charge in [-0.2, -0.15) is 0 Å². The summed E-state index contributed by atoms with van der Waals surface area (Å²) in [7, 11) is 0. The average molecular weight is 683 g/mol. The lowest BCUT2D eigenvalue weighted by Crippen LogP contribution is -2.50. The summed E-state index contributed by atoms with van der Waals surface area (Å²) >= 11 is 0. The summed E-state index contributed by atoms with van der Waals surface area (Å²) in [6.07, 6.45) is -0.801. The van der Waals surface area contributed by atoms with Gasteiger partial charge < -0.3 is 28.7 Å². The molecule has 1 heterocycles. The van der Waals surface area contributed by atoms with Crippen LogP contribution in [0, 0.1) is 0 Å². The van der Waals surface area contributed by atoms with Gasteiger partial charge in [0.2, 0.25) is 0 Å². The van der Waals surface area contributed by atoms with Crippen LogP contribution in [0.4, 0.5) is 9.59 Å². The van der Waals surface area contributed by atoms with Crippen LogP contribution < -0.4 is 0 Å². The van der Waals surface area contributed by atoms with Crippen LogP contribution in [-0.4, -0.2) is 120 Å². The summed E-state index contributed by atoms with van der Waals surface area (Å²) in [6, 6.07) is 18.9. The molecule has 0 N–H and O–H groups in total. The Labute approximate surface area is 291 Å². The molecule has 0 saturated carbocycles. The molecule has 0 spiro atoms. The highest BCUT2D eigenvalue weighted by atomic mass is 16.6. The molecule has 0 radical (unpaired) electrons. The van der Waals surface area contributed by atoms with Crippen molar-refractivity contribution in [2.45, 2.75) is 72.4 Å². The first kappa shape index (κ1) is 39.3. The molecule has 49 heavy (non-hydrogen) atoms. The van der Waals surface area contributed by atoms with Crippen LogP contribution in [0.5, 0.6) is 0 Å². The van der Waals surface area contributed by atoms with Crippen molar-refractivity contribution in [1.82, 2.24) is 19.6 Å². The molecule has 270 valence electrons. The second kappa shape index (κ2) is 19.1. The molecule has 1 saturated heterocycles. The van der Waals surface area contributed by atoms with Gasteiger partial charge in [-0.1, -0.05) is 60.7 Å². The number of rotatable bonds is 9. The van der Waals surface area contributed by atoms with E-state index in [1.165, 1.54) is 0 Å². The molecule has 1 fully saturated rings. The van der Waals surface area contributed by atoms with E-state index in [9.17, 15) is 19.2 Å². The predicted octanol–water partition coefficient (Wildman–Crippen LogP) is 4.96. The lowest BCUT2D eigenvalue weighted by Gasteiger charge is -2.34. The van der Waals surface area contributed by atoms with Crippen LogP contribution in [0.2, 0.25) is 0 Å². The van der Waals surface area contributed by atoms with Gasteiger partial charge in [-0.3, -0.25) is 19.4 Å². The van der Waals surface area contributed by atoms with Crippen molar-refractivity contribution >= 4 is 24.1 Å². The highest BCUT2D eigenvalue weighted by molar-refractivity contribution is 5.72. The minimum absolute atomic E-state index is 0.0148. The Balaban J connectivity index is 1.79. The molecule has 0 atom stereocenters. The van der Waals surface area contributed by atoms with Crippen LogP contribution in [0.1, 0.15) is 59.1 Å². The molecule has 0 unspecified atom stereocenters. The molecular formula is C37H54N4O8. The largest absolute Gasteiger partial charge is 0.460 e. The number of amides is 2. The van der Waals surface area contributed by atoms with Crippen molar-refractivity contribution < 1.29 is 38.1 Å². The fraction of sp³-hybridized carbons (Fsp3) is 0.568. The Bertz CT molecular complexity index is 1260. The molecule has 12 nitrogen and oxygen atoms in total. The van der Waals surface area contributed by atoms with E-state index >= 15 is 0 Å². The Morgan fingerprint density at radius 3 is 1.35 bits per heavy atom. The first-order valence-corrected chi connectivity index (χ1v) is 17.0. The maximum Gasteiger partial charge on any atom is 0.410 e. The number of hydrogen-bond acceptors (Lipinski definition) is 10. The van der Waals surface area contributed by atoms with Crippen molar-refractivity contribution in [3.8, 4) is 0 Å². The van der Waals surface area contributed by atoms with Gasteiger partial charge in [-0.05, 0) is 52.7 Å². The Kier molecular flexibility index (Phi) is 15.3. The third kappa shape index (κ3) is 16.2. The van der Waals surface area contributed by atoms with Crippen LogP contribution in [0.15, 0.2) is 60.7 Å². The molecule has 1 aliphatic heterocycles. The van der Waals surface area contributed by atoms with Crippen molar-refractivity contribution in [2.75, 3.05) is 65.4 Å². The van der Waals surface area contributed by atoms with Gasteiger partial charge in [0.1, 0.15) is 24.4 Å². The van der Waals surface area contributed by atoms with Crippen molar-refractivity contribution in [3.63, 3.8) is 0 Å². The van der Waals surface area contributed by atoms with Gasteiger partial charge >= 0.3 is 24.1 Å². The van der Waals surface area contributed by atoms with Gasteiger partial charge in [-0.15, -0.1) is 0 Å². The molecule has 1 aliphatic rings. The third-order valence-corrected chi connectivity index (χ3v) is 7.50. The Hall–Kier alpha value is -4.16. The van der Waals surface area contributed by atoms with E-state index in [0.717, 1.165) is 11.1 Å². The monoisotopic (exact) mass is 682 g/mol. The smallest absolute Gasteiger partial charge is 0.410 e. The minimum Gasteiger partial charge on any atom is -0.460 e. The number of benzene rings is 2. The quantitative estimate of drug-likeness (QED) is 0.266. The summed E-state index contributed by atoms with van der Waals surface area (Å²) in [4.78, 5) is 59.5. The van der Waals surface area contributed by atoms with Crippen LogP contribution in [0.25, 0.3) is 0 Å². The van der Waals surface area contributed by atoms with E-state index in [4.69, 9.17) is 18.9 Å². The highest BCUT2D eigenvalue weighted by Crippen LogP contribution is 2.12. The molecule has 0 aromatic heterocycles. The number of ether oxygens (including phenoxy) is 4. The third-order valence-electron chi connectivity index (χ3n) is 7.50. The van der Waals surface area contributed by atoms with E-state index < -0.39 is 29.4 Å². The van der Waals surface area contributed by atoms with E-state index in [2.05, 4.69) is 0 Å². The number of nitrogens with zero attached hydrogens (tertiary/aromatic N) is 4. The van der Waals surface area contributed by atoms with Crippen LogP contribution in [0.3, 0.4) is 0 Å². The van der Waals surface area contributed by atoms with Crippen molar-refractivity contribution in [3.05, 3.63) is 71.8 Å². The average Bonchev–Trinajstić information content (AvgIpc) is 3.02. The van der Waals surface area contributed by atoms with E-state index in [-0.39, 0.29) is 45.2 Å². The van der Waals surface area contributed by atoms with Gasteiger partial charge in [0, 0.05) is 58.9 Å². The van der Waals surface area contributed by atoms with Crippen LogP contribution in [-0.2, 0) is 41.8 Å². The second-order valence-corrected chi connectivity index (χ2v) is 14.1. The summed E-state index contributed by atoms with van der Waals surface area (Å²) < 4.78 is 22.5. The van der Waals surface area contributed by atoms with Gasteiger partial charge in [-0.25, -0.2) is 9.59 Å². The van der Waals surface area contributed by atoms with Crippen LogP contribution >= 0.6 is 0 Å². The SMILES string of the molecule is CC(C)(C)OC(=O)CCN1CCN(C(=O)OCc2ccccc2)CCN(CC(=O)OC(C)(C)C)CCN(C(=O)OCc2ccccc2)CC1.